The van der Waals surface area contributed by atoms with Crippen LogP contribution in [0.25, 0.3) is 0 Å². The molecule has 0 aliphatic carbocycles. The highest BCUT2D eigenvalue weighted by Crippen LogP contribution is 2.40. The van der Waals surface area contributed by atoms with E-state index in [0.717, 1.165) is 17.5 Å². The van der Waals surface area contributed by atoms with Crippen LogP contribution in [0.3, 0.4) is 0 Å². The van der Waals surface area contributed by atoms with E-state index in [1.165, 1.54) is 5.56 Å². The molecule has 1 fully saturated rings. The summed E-state index contributed by atoms with van der Waals surface area (Å²) in [6.07, 6.45) is 0.667. The molecule has 0 bridgehead atoms. The summed E-state index contributed by atoms with van der Waals surface area (Å²) < 4.78 is 5.63. The van der Waals surface area contributed by atoms with Gasteiger partial charge in [-0.15, -0.1) is 0 Å². The molecule has 3 nitrogen and oxygen atoms in total. The molecule has 0 spiro atoms. The molecule has 3 heteroatoms. The average Bonchev–Trinajstić information content (AvgIpc) is 3.20. The smallest absolute Gasteiger partial charge is 0.410 e. The molecule has 2 atom stereocenters. The lowest BCUT2D eigenvalue weighted by molar-refractivity contribution is 0.0918. The fourth-order valence-corrected chi connectivity index (χ4v) is 3.80. The maximum Gasteiger partial charge on any atom is 0.410 e. The number of rotatable bonds is 4. The highest BCUT2D eigenvalue weighted by molar-refractivity contribution is 5.69. The lowest BCUT2D eigenvalue weighted by Gasteiger charge is -2.24. The summed E-state index contributed by atoms with van der Waals surface area (Å²) in [6, 6.07) is 30.5. The van der Waals surface area contributed by atoms with Crippen LogP contribution < -0.4 is 0 Å². The summed E-state index contributed by atoms with van der Waals surface area (Å²) in [5, 5.41) is 0. The van der Waals surface area contributed by atoms with E-state index in [1.807, 2.05) is 59.5 Å². The highest BCUT2D eigenvalue weighted by Gasteiger charge is 2.37. The van der Waals surface area contributed by atoms with Crippen LogP contribution in [0.1, 0.15) is 35.1 Å². The molecule has 2 unspecified atom stereocenters. The molecule has 1 saturated heterocycles. The fraction of sp³-hybridized carbons (Fsp3) is 0.208. The maximum absolute atomic E-state index is 12.9. The number of ether oxygens (including phenoxy) is 1. The largest absolute Gasteiger partial charge is 0.445 e. The van der Waals surface area contributed by atoms with E-state index in [-0.39, 0.29) is 12.1 Å². The zero-order valence-corrected chi connectivity index (χ0v) is 15.2. The van der Waals surface area contributed by atoms with Gasteiger partial charge in [0.2, 0.25) is 0 Å². The normalized spacial score (nSPS) is 19.0. The van der Waals surface area contributed by atoms with Crippen molar-refractivity contribution in [2.75, 3.05) is 6.54 Å². The molecule has 1 aliphatic rings. The van der Waals surface area contributed by atoms with Crippen molar-refractivity contribution in [2.45, 2.75) is 25.0 Å². The van der Waals surface area contributed by atoms with Crippen LogP contribution >= 0.6 is 0 Å². The van der Waals surface area contributed by atoms with Crippen LogP contribution in [0.4, 0.5) is 4.79 Å². The van der Waals surface area contributed by atoms with Gasteiger partial charge in [-0.3, -0.25) is 0 Å². The van der Waals surface area contributed by atoms with E-state index in [0.29, 0.717) is 19.1 Å². The second-order valence-corrected chi connectivity index (χ2v) is 6.96. The number of amides is 1. The van der Waals surface area contributed by atoms with Crippen molar-refractivity contribution >= 4 is 6.09 Å². The lowest BCUT2D eigenvalue weighted by Crippen LogP contribution is -2.31. The molecule has 1 heterocycles. The molecule has 4 rings (SSSR count). The Kier molecular flexibility index (Phi) is 5.20. The van der Waals surface area contributed by atoms with Crippen molar-refractivity contribution in [1.29, 1.82) is 0 Å². The zero-order chi connectivity index (χ0) is 18.5. The number of hydrogen-bond acceptors (Lipinski definition) is 2. The predicted molar refractivity (Wildman–Crippen MR) is 106 cm³/mol. The number of hydrogen-bond donors (Lipinski definition) is 0. The molecular weight excluding hydrogens is 334 g/mol. The van der Waals surface area contributed by atoms with Gasteiger partial charge >= 0.3 is 6.09 Å². The third-order valence-corrected chi connectivity index (χ3v) is 5.20. The molecule has 136 valence electrons. The van der Waals surface area contributed by atoms with Crippen molar-refractivity contribution in [3.8, 4) is 0 Å². The van der Waals surface area contributed by atoms with Crippen LogP contribution in [0.5, 0.6) is 0 Å². The Balaban J connectivity index is 1.53. The van der Waals surface area contributed by atoms with Gasteiger partial charge in [0, 0.05) is 12.5 Å². The first-order valence-electron chi connectivity index (χ1n) is 9.38. The number of carbonyl (C=O) groups excluding carboxylic acids is 1. The number of nitrogens with zero attached hydrogens (tertiary/aromatic N) is 1. The molecule has 0 aromatic heterocycles. The van der Waals surface area contributed by atoms with Gasteiger partial charge < -0.3 is 9.64 Å². The van der Waals surface area contributed by atoms with E-state index in [1.54, 1.807) is 0 Å². The minimum absolute atomic E-state index is 0.0414. The van der Waals surface area contributed by atoms with E-state index in [2.05, 4.69) is 36.4 Å². The average molecular weight is 357 g/mol. The molecule has 0 N–H and O–H groups in total. The summed E-state index contributed by atoms with van der Waals surface area (Å²) in [4.78, 5) is 14.8. The molecule has 3 aromatic rings. The van der Waals surface area contributed by atoms with Crippen molar-refractivity contribution < 1.29 is 9.53 Å². The van der Waals surface area contributed by atoms with Gasteiger partial charge in [-0.25, -0.2) is 4.79 Å². The van der Waals surface area contributed by atoms with Crippen LogP contribution in [-0.2, 0) is 11.3 Å². The molecule has 1 aliphatic heterocycles. The first-order chi connectivity index (χ1) is 13.3. The summed E-state index contributed by atoms with van der Waals surface area (Å²) in [6.45, 7) is 0.977. The topological polar surface area (TPSA) is 29.5 Å². The van der Waals surface area contributed by atoms with Gasteiger partial charge in [-0.05, 0) is 23.1 Å². The zero-order valence-electron chi connectivity index (χ0n) is 15.2. The third kappa shape index (κ3) is 4.03. The van der Waals surface area contributed by atoms with E-state index >= 15 is 0 Å². The molecule has 0 saturated carbocycles. The van der Waals surface area contributed by atoms with Crippen LogP contribution in [0.15, 0.2) is 91.0 Å². The molecule has 1 amide bonds. The Morgan fingerprint density at radius 1 is 0.815 bits per heavy atom. The van der Waals surface area contributed by atoms with E-state index in [4.69, 9.17) is 4.74 Å². The fourth-order valence-electron chi connectivity index (χ4n) is 3.80. The van der Waals surface area contributed by atoms with E-state index < -0.39 is 0 Å². The second kappa shape index (κ2) is 8.09. The van der Waals surface area contributed by atoms with Crippen LogP contribution in [0.2, 0.25) is 0 Å². The van der Waals surface area contributed by atoms with Crippen molar-refractivity contribution in [3.05, 3.63) is 108 Å². The van der Waals surface area contributed by atoms with Crippen LogP contribution in [-0.4, -0.2) is 17.5 Å². The van der Waals surface area contributed by atoms with Gasteiger partial charge in [0.05, 0.1) is 6.04 Å². The minimum Gasteiger partial charge on any atom is -0.445 e. The second-order valence-electron chi connectivity index (χ2n) is 6.96. The van der Waals surface area contributed by atoms with Gasteiger partial charge in [-0.1, -0.05) is 91.0 Å². The quantitative estimate of drug-likeness (QED) is 0.612. The van der Waals surface area contributed by atoms with E-state index in [9.17, 15) is 4.79 Å². The van der Waals surface area contributed by atoms with Crippen molar-refractivity contribution in [2.24, 2.45) is 0 Å². The van der Waals surface area contributed by atoms with Gasteiger partial charge in [0.1, 0.15) is 6.61 Å². The molecule has 0 radical (unpaired) electrons. The minimum atomic E-state index is -0.244. The van der Waals surface area contributed by atoms with Crippen molar-refractivity contribution in [1.82, 2.24) is 4.90 Å². The number of benzene rings is 3. The highest BCUT2D eigenvalue weighted by atomic mass is 16.6. The van der Waals surface area contributed by atoms with Crippen molar-refractivity contribution in [3.63, 3.8) is 0 Å². The lowest BCUT2D eigenvalue weighted by atomic mass is 9.94. The summed E-state index contributed by atoms with van der Waals surface area (Å²) >= 11 is 0. The van der Waals surface area contributed by atoms with Gasteiger partial charge in [0.25, 0.3) is 0 Å². The third-order valence-electron chi connectivity index (χ3n) is 5.20. The molecular formula is C24H23NO2. The predicted octanol–water partition coefficient (Wildman–Crippen LogP) is 5.55. The number of likely N-dealkylation sites (tertiary alicyclic amines) is 1. The first-order valence-corrected chi connectivity index (χ1v) is 9.38. The summed E-state index contributed by atoms with van der Waals surface area (Å²) in [5.41, 5.74) is 3.44. The SMILES string of the molecule is O=C(OCc1ccccc1)N1CC(c2ccccc2)CC1c1ccccc1. The van der Waals surface area contributed by atoms with Gasteiger partial charge in [-0.2, -0.15) is 0 Å². The Bertz CT molecular complexity index is 865. The molecule has 3 aromatic carbocycles. The standard InChI is InChI=1S/C24H23NO2/c26-24(27-18-19-10-4-1-5-11-19)25-17-22(20-12-6-2-7-13-20)16-23(25)21-14-8-3-9-15-21/h1-15,22-23H,16-18H2. The molecule has 27 heavy (non-hydrogen) atoms. The first kappa shape index (κ1) is 17.3. The Hall–Kier alpha value is -3.07. The monoisotopic (exact) mass is 357 g/mol. The van der Waals surface area contributed by atoms with Crippen LogP contribution in [0, 0.1) is 0 Å². The maximum atomic E-state index is 12.9. The Labute approximate surface area is 160 Å². The summed E-state index contributed by atoms with van der Waals surface area (Å²) in [7, 11) is 0. The number of carbonyl (C=O) groups is 1. The summed E-state index contributed by atoms with van der Waals surface area (Å²) in [5.74, 6) is 0.320. The Morgan fingerprint density at radius 2 is 1.37 bits per heavy atom. The van der Waals surface area contributed by atoms with Gasteiger partial charge in [0.15, 0.2) is 0 Å². The Morgan fingerprint density at radius 3 is 2.00 bits per heavy atom.